The van der Waals surface area contributed by atoms with Gasteiger partial charge in [-0.3, -0.25) is 0 Å². The molecule has 0 amide bonds. The number of nitrogens with zero attached hydrogens (tertiary/aromatic N) is 4. The third-order valence-electron chi connectivity index (χ3n) is 9.95. The molecule has 2 aromatic heterocycles. The predicted octanol–water partition coefficient (Wildman–Crippen LogP) is 13.5. The Balaban J connectivity index is 1.27. The van der Waals surface area contributed by atoms with Crippen LogP contribution < -0.4 is 0 Å². The molecule has 4 nitrogen and oxygen atoms in total. The van der Waals surface area contributed by atoms with Gasteiger partial charge < -0.3 is 4.57 Å². The third kappa shape index (κ3) is 6.85. The summed E-state index contributed by atoms with van der Waals surface area (Å²) in [5.74, 6) is 0.825. The summed E-state index contributed by atoms with van der Waals surface area (Å²) in [5, 5.41) is 1.34. The van der Waals surface area contributed by atoms with Gasteiger partial charge in [0.2, 0.25) is 0 Å². The SMILES string of the molecule is Fc1ccc(-c2ccc(-n3c4ccccc4c4cc(-c5cc(C(F)(F)F)cc(C(F)(F)F)c5)ccc43)cc2-c2nc(-c3ccccc3)nc(-c3ccccc3)n2)cc1. The molecular weight excluding hydrogens is 754 g/mol. The zero-order valence-corrected chi connectivity index (χ0v) is 30.0. The lowest BCUT2D eigenvalue weighted by Crippen LogP contribution is -2.11. The highest BCUT2D eigenvalue weighted by Gasteiger charge is 2.37. The average Bonchev–Trinajstić information content (AvgIpc) is 3.57. The Morgan fingerprint density at radius 1 is 0.379 bits per heavy atom. The van der Waals surface area contributed by atoms with Gasteiger partial charge >= 0.3 is 12.4 Å². The number of halogens is 7. The van der Waals surface area contributed by atoms with Crippen molar-refractivity contribution >= 4 is 21.8 Å². The second kappa shape index (κ2) is 14.1. The van der Waals surface area contributed by atoms with Crippen molar-refractivity contribution in [3.8, 4) is 62.1 Å². The fourth-order valence-electron chi connectivity index (χ4n) is 7.22. The molecule has 0 saturated carbocycles. The molecule has 0 aliphatic carbocycles. The highest BCUT2D eigenvalue weighted by Crippen LogP contribution is 2.42. The minimum atomic E-state index is -4.99. The van der Waals surface area contributed by atoms with Crippen LogP contribution in [0.15, 0.2) is 164 Å². The van der Waals surface area contributed by atoms with Crippen molar-refractivity contribution in [2.75, 3.05) is 0 Å². The highest BCUT2D eigenvalue weighted by atomic mass is 19.4. The summed E-state index contributed by atoms with van der Waals surface area (Å²) in [5.41, 5.74) is 2.80. The van der Waals surface area contributed by atoms with Crippen LogP contribution in [0.4, 0.5) is 30.7 Å². The lowest BCUT2D eigenvalue weighted by Gasteiger charge is -2.16. The summed E-state index contributed by atoms with van der Waals surface area (Å²) in [6.07, 6.45) is -9.98. The monoisotopic (exact) mass is 780 g/mol. The predicted molar refractivity (Wildman–Crippen MR) is 211 cm³/mol. The van der Waals surface area contributed by atoms with E-state index in [0.29, 0.717) is 50.8 Å². The number of rotatable bonds is 6. The Morgan fingerprint density at radius 2 is 0.914 bits per heavy atom. The summed E-state index contributed by atoms with van der Waals surface area (Å²) >= 11 is 0. The molecule has 9 aromatic rings. The van der Waals surface area contributed by atoms with E-state index in [-0.39, 0.29) is 17.2 Å². The molecule has 2 heterocycles. The largest absolute Gasteiger partial charge is 0.416 e. The van der Waals surface area contributed by atoms with Crippen LogP contribution in [0, 0.1) is 5.82 Å². The smallest absolute Gasteiger partial charge is 0.309 e. The number of hydrogen-bond acceptors (Lipinski definition) is 3. The fraction of sp³-hybridized carbons (Fsp3) is 0.0426. The summed E-state index contributed by atoms with van der Waals surface area (Å²) in [6, 6.07) is 44.6. The average molecular weight is 781 g/mol. The van der Waals surface area contributed by atoms with Gasteiger partial charge in [-0.05, 0) is 82.9 Å². The Bertz CT molecular complexity index is 2880. The van der Waals surface area contributed by atoms with Gasteiger partial charge in [0.15, 0.2) is 17.5 Å². The summed E-state index contributed by atoms with van der Waals surface area (Å²) in [7, 11) is 0. The maximum atomic E-state index is 14.2. The number of aromatic nitrogens is 4. The first kappa shape index (κ1) is 36.5. The van der Waals surface area contributed by atoms with Crippen LogP contribution in [0.3, 0.4) is 0 Å². The fourth-order valence-corrected chi connectivity index (χ4v) is 7.22. The van der Waals surface area contributed by atoms with Gasteiger partial charge in [-0.2, -0.15) is 26.3 Å². The topological polar surface area (TPSA) is 43.6 Å². The highest BCUT2D eigenvalue weighted by molar-refractivity contribution is 6.10. The lowest BCUT2D eigenvalue weighted by atomic mass is 9.97. The van der Waals surface area contributed by atoms with E-state index in [9.17, 15) is 30.7 Å². The zero-order valence-electron chi connectivity index (χ0n) is 30.0. The van der Waals surface area contributed by atoms with E-state index in [0.717, 1.165) is 34.2 Å². The minimum absolute atomic E-state index is 0.124. The molecule has 0 aliphatic rings. The first-order valence-electron chi connectivity index (χ1n) is 18.0. The van der Waals surface area contributed by atoms with Gasteiger partial charge in [-0.25, -0.2) is 19.3 Å². The molecule has 0 atom stereocenters. The van der Waals surface area contributed by atoms with Crippen molar-refractivity contribution in [2.24, 2.45) is 0 Å². The quantitative estimate of drug-likeness (QED) is 0.158. The van der Waals surface area contributed by atoms with Gasteiger partial charge in [0, 0.05) is 33.2 Å². The second-order valence-corrected chi connectivity index (χ2v) is 13.7. The number of benzene rings is 7. The molecule has 0 bridgehead atoms. The Kier molecular flexibility index (Phi) is 8.88. The molecule has 58 heavy (non-hydrogen) atoms. The van der Waals surface area contributed by atoms with Crippen molar-refractivity contribution in [1.82, 2.24) is 19.5 Å². The molecule has 0 fully saturated rings. The van der Waals surface area contributed by atoms with Crippen LogP contribution in [0.5, 0.6) is 0 Å². The van der Waals surface area contributed by atoms with Crippen molar-refractivity contribution in [1.29, 1.82) is 0 Å². The number of fused-ring (bicyclic) bond motifs is 3. The van der Waals surface area contributed by atoms with Crippen LogP contribution in [0.1, 0.15) is 11.1 Å². The van der Waals surface area contributed by atoms with Gasteiger partial charge in [0.1, 0.15) is 5.82 Å². The van der Waals surface area contributed by atoms with E-state index >= 15 is 0 Å². The zero-order chi connectivity index (χ0) is 40.2. The number of para-hydroxylation sites is 1. The molecule has 0 N–H and O–H groups in total. The molecule has 0 spiro atoms. The van der Waals surface area contributed by atoms with Crippen LogP contribution >= 0.6 is 0 Å². The van der Waals surface area contributed by atoms with Gasteiger partial charge in [0.25, 0.3) is 0 Å². The second-order valence-electron chi connectivity index (χ2n) is 13.7. The minimum Gasteiger partial charge on any atom is -0.309 e. The lowest BCUT2D eigenvalue weighted by molar-refractivity contribution is -0.143. The van der Waals surface area contributed by atoms with E-state index in [1.165, 1.54) is 18.2 Å². The maximum absolute atomic E-state index is 14.2. The molecular formula is C47H27F7N4. The summed E-state index contributed by atoms with van der Waals surface area (Å²) in [6.45, 7) is 0. The van der Waals surface area contributed by atoms with E-state index in [4.69, 9.17) is 15.0 Å². The van der Waals surface area contributed by atoms with E-state index in [1.807, 2.05) is 108 Å². The standard InChI is InChI=1S/C47H27F7N4/c48-35-18-15-28(16-19-35)37-21-20-36(27-40(37)45-56-43(29-9-3-1-4-10-29)55-44(57-45)30-11-5-2-6-12-30)58-41-14-8-7-13-38(41)39-25-31(17-22-42(39)58)32-23-33(46(49,50)51)26-34(24-32)47(52,53)54/h1-27H. The summed E-state index contributed by atoms with van der Waals surface area (Å²) in [4.78, 5) is 14.8. The molecule has 0 saturated heterocycles. The Labute approximate surface area is 326 Å². The van der Waals surface area contributed by atoms with Gasteiger partial charge in [-0.15, -0.1) is 0 Å². The number of hydrogen-bond donors (Lipinski definition) is 0. The van der Waals surface area contributed by atoms with Crippen LogP contribution in [-0.2, 0) is 12.4 Å². The molecule has 7 aromatic carbocycles. The first-order chi connectivity index (χ1) is 27.9. The van der Waals surface area contributed by atoms with Gasteiger partial charge in [-0.1, -0.05) is 103 Å². The van der Waals surface area contributed by atoms with Crippen LogP contribution in [-0.4, -0.2) is 19.5 Å². The Hall–Kier alpha value is -7.14. The van der Waals surface area contributed by atoms with Crippen molar-refractivity contribution in [3.05, 3.63) is 181 Å². The van der Waals surface area contributed by atoms with Crippen molar-refractivity contribution < 1.29 is 30.7 Å². The van der Waals surface area contributed by atoms with Gasteiger partial charge in [0.05, 0.1) is 22.2 Å². The molecule has 0 radical (unpaired) electrons. The van der Waals surface area contributed by atoms with Crippen LogP contribution in [0.25, 0.3) is 83.9 Å². The molecule has 0 aliphatic heterocycles. The maximum Gasteiger partial charge on any atom is 0.416 e. The molecule has 0 unspecified atom stereocenters. The normalized spacial score (nSPS) is 12.1. The Morgan fingerprint density at radius 3 is 1.52 bits per heavy atom. The van der Waals surface area contributed by atoms with E-state index in [2.05, 4.69) is 0 Å². The number of alkyl halides is 6. The van der Waals surface area contributed by atoms with Crippen molar-refractivity contribution in [3.63, 3.8) is 0 Å². The molecule has 11 heteroatoms. The molecule has 9 rings (SSSR count). The van der Waals surface area contributed by atoms with Crippen molar-refractivity contribution in [2.45, 2.75) is 12.4 Å². The summed E-state index contributed by atoms with van der Waals surface area (Å²) < 4.78 is 99.2. The first-order valence-corrected chi connectivity index (χ1v) is 18.0. The van der Waals surface area contributed by atoms with E-state index < -0.39 is 29.3 Å². The molecule has 284 valence electrons. The van der Waals surface area contributed by atoms with E-state index in [1.54, 1.807) is 24.3 Å². The third-order valence-corrected chi connectivity index (χ3v) is 9.95. The van der Waals surface area contributed by atoms with Crippen LogP contribution in [0.2, 0.25) is 0 Å².